The first kappa shape index (κ1) is 26.3. The van der Waals surface area contributed by atoms with Crippen molar-refractivity contribution in [2.75, 3.05) is 43.6 Å². The van der Waals surface area contributed by atoms with Gasteiger partial charge in [-0.1, -0.05) is 29.8 Å². The Kier molecular flexibility index (Phi) is 6.93. The molecule has 39 heavy (non-hydrogen) atoms. The zero-order valence-electron chi connectivity index (χ0n) is 21.8. The monoisotopic (exact) mass is 568 g/mol. The number of carbonyl (C=O) groups is 2. The Labute approximate surface area is 234 Å². The Morgan fingerprint density at radius 1 is 1.03 bits per heavy atom. The third kappa shape index (κ3) is 4.74. The second-order valence-corrected chi connectivity index (χ2v) is 13.4. The molecule has 4 bridgehead atoms. The van der Waals surface area contributed by atoms with Crippen LogP contribution in [0.25, 0.3) is 0 Å². The fourth-order valence-electron chi connectivity index (χ4n) is 6.64. The lowest BCUT2D eigenvalue weighted by molar-refractivity contribution is -0.142. The van der Waals surface area contributed by atoms with Crippen molar-refractivity contribution in [1.82, 2.24) is 15.1 Å². The molecule has 8 nitrogen and oxygen atoms in total. The number of sulfonamides is 1. The molecular formula is C29H33ClN4O4S. The summed E-state index contributed by atoms with van der Waals surface area (Å²) >= 11 is 6.09. The molecule has 0 aliphatic carbocycles. The number of allylic oxidation sites excluding steroid dienone is 1. The average Bonchev–Trinajstić information content (AvgIpc) is 3.54. The van der Waals surface area contributed by atoms with Gasteiger partial charge in [0.2, 0.25) is 5.91 Å². The lowest BCUT2D eigenvalue weighted by atomic mass is 9.76. The number of nitrogens with zero attached hydrogens (tertiary/aromatic N) is 3. The highest BCUT2D eigenvalue weighted by molar-refractivity contribution is 7.92. The molecule has 1 unspecified atom stereocenters. The standard InChI is InChI=1S/C29H33ClN4O4S/c30-23-7-9-24(10-8-23)34-15-2-1-12-29(13-4-14-31-20-29)28(36)32-18-22-11-16-33(26(22)19-32)27(35)21-5-3-6-25(17-21)39(34,37)38/h1-3,5-10,17,22,26,31H,4,11-16,18-20H2/b2-1-/t22-,26+,29?/m0/s1. The first-order valence-electron chi connectivity index (χ1n) is 13.6. The predicted molar refractivity (Wildman–Crippen MR) is 150 cm³/mol. The van der Waals surface area contributed by atoms with E-state index in [2.05, 4.69) is 5.32 Å². The lowest BCUT2D eigenvalue weighted by Crippen LogP contribution is -2.52. The van der Waals surface area contributed by atoms with Crippen molar-refractivity contribution in [3.05, 3.63) is 71.3 Å². The first-order valence-corrected chi connectivity index (χ1v) is 15.4. The van der Waals surface area contributed by atoms with Crippen LogP contribution in [-0.4, -0.2) is 75.3 Å². The van der Waals surface area contributed by atoms with Crippen LogP contribution in [0.3, 0.4) is 0 Å². The van der Waals surface area contributed by atoms with Crippen LogP contribution in [0.1, 0.15) is 36.0 Å². The summed E-state index contributed by atoms with van der Waals surface area (Å²) in [6.07, 6.45) is 6.84. The van der Waals surface area contributed by atoms with Crippen molar-refractivity contribution >= 4 is 39.1 Å². The third-order valence-electron chi connectivity index (χ3n) is 8.75. The normalized spacial score (nSPS) is 29.7. The number of piperidine rings is 1. The Morgan fingerprint density at radius 3 is 2.62 bits per heavy atom. The van der Waals surface area contributed by atoms with Crippen molar-refractivity contribution in [1.29, 1.82) is 0 Å². The van der Waals surface area contributed by atoms with E-state index in [1.165, 1.54) is 16.4 Å². The molecule has 0 radical (unpaired) electrons. The summed E-state index contributed by atoms with van der Waals surface area (Å²) in [5.74, 6) is 0.190. The van der Waals surface area contributed by atoms with Crippen molar-refractivity contribution < 1.29 is 18.0 Å². The molecule has 4 aliphatic heterocycles. The number of benzene rings is 2. The summed E-state index contributed by atoms with van der Waals surface area (Å²) in [4.78, 5) is 31.6. The van der Waals surface area contributed by atoms with Gasteiger partial charge in [0.1, 0.15) is 0 Å². The van der Waals surface area contributed by atoms with E-state index < -0.39 is 15.4 Å². The fourth-order valence-corrected chi connectivity index (χ4v) is 8.23. The zero-order chi connectivity index (χ0) is 27.2. The highest BCUT2D eigenvalue weighted by Gasteiger charge is 2.49. The molecule has 0 aromatic heterocycles. The minimum Gasteiger partial charge on any atom is -0.340 e. The van der Waals surface area contributed by atoms with Crippen LogP contribution in [0.5, 0.6) is 0 Å². The molecule has 206 valence electrons. The molecule has 4 heterocycles. The van der Waals surface area contributed by atoms with Gasteiger partial charge in [-0.2, -0.15) is 0 Å². The molecule has 1 N–H and O–H groups in total. The highest BCUT2D eigenvalue weighted by atomic mass is 35.5. The number of nitrogens with one attached hydrogen (secondary N) is 1. The van der Waals surface area contributed by atoms with E-state index in [0.717, 1.165) is 25.8 Å². The Hall–Kier alpha value is -2.88. The predicted octanol–water partition coefficient (Wildman–Crippen LogP) is 3.54. The van der Waals surface area contributed by atoms with Gasteiger partial charge >= 0.3 is 0 Å². The third-order valence-corrected chi connectivity index (χ3v) is 10.8. The second kappa shape index (κ2) is 10.3. The van der Waals surface area contributed by atoms with Gasteiger partial charge < -0.3 is 15.1 Å². The van der Waals surface area contributed by atoms with Crippen LogP contribution in [0.4, 0.5) is 5.69 Å². The molecule has 3 fully saturated rings. The van der Waals surface area contributed by atoms with Gasteiger partial charge in [0.05, 0.1) is 28.6 Å². The van der Waals surface area contributed by atoms with E-state index in [1.807, 2.05) is 22.0 Å². The lowest BCUT2D eigenvalue weighted by Gasteiger charge is -2.39. The highest BCUT2D eigenvalue weighted by Crippen LogP contribution is 2.39. The maximum atomic E-state index is 14.0. The molecule has 3 atom stereocenters. The number of fused-ring (bicyclic) bond motifs is 3. The summed E-state index contributed by atoms with van der Waals surface area (Å²) in [6.45, 7) is 3.36. The van der Waals surface area contributed by atoms with Crippen LogP contribution in [-0.2, 0) is 14.8 Å². The Bertz CT molecular complexity index is 1400. The average molecular weight is 569 g/mol. The summed E-state index contributed by atoms with van der Waals surface area (Å²) in [5, 5.41) is 3.93. The van der Waals surface area contributed by atoms with Crippen LogP contribution in [0.15, 0.2) is 65.6 Å². The maximum Gasteiger partial charge on any atom is 0.264 e. The van der Waals surface area contributed by atoms with Gasteiger partial charge in [0.25, 0.3) is 15.9 Å². The van der Waals surface area contributed by atoms with Crippen molar-refractivity contribution in [2.45, 2.75) is 36.6 Å². The summed E-state index contributed by atoms with van der Waals surface area (Å²) < 4.78 is 29.3. The minimum absolute atomic E-state index is 0.0515. The molecule has 3 saturated heterocycles. The van der Waals surface area contributed by atoms with Crippen LogP contribution >= 0.6 is 11.6 Å². The topological polar surface area (TPSA) is 90.0 Å². The number of rotatable bonds is 1. The second-order valence-electron chi connectivity index (χ2n) is 11.1. The molecule has 4 aliphatic rings. The number of anilines is 1. The molecule has 2 aromatic rings. The number of amides is 2. The quantitative estimate of drug-likeness (QED) is 0.532. The van der Waals surface area contributed by atoms with Crippen molar-refractivity contribution in [2.24, 2.45) is 11.3 Å². The SMILES string of the molecule is O=C1c2cccc(c2)S(=O)(=O)N(c2ccc(Cl)cc2)C/C=C\CC2(CCCNC2)C(=O)N2C[C@@H]3CCN1[C@@H]3C2. The van der Waals surface area contributed by atoms with E-state index in [-0.39, 0.29) is 35.2 Å². The number of halogens is 1. The Morgan fingerprint density at radius 2 is 1.85 bits per heavy atom. The van der Waals surface area contributed by atoms with Gasteiger partial charge in [0, 0.05) is 42.7 Å². The van der Waals surface area contributed by atoms with Crippen LogP contribution in [0.2, 0.25) is 5.02 Å². The van der Waals surface area contributed by atoms with Crippen molar-refractivity contribution in [3.63, 3.8) is 0 Å². The summed E-state index contributed by atoms with van der Waals surface area (Å²) in [7, 11) is -4.00. The van der Waals surface area contributed by atoms with E-state index in [4.69, 9.17) is 11.6 Å². The largest absolute Gasteiger partial charge is 0.340 e. The van der Waals surface area contributed by atoms with Gasteiger partial charge in [0.15, 0.2) is 0 Å². The maximum absolute atomic E-state index is 14.0. The number of hydrogen-bond donors (Lipinski definition) is 1. The minimum atomic E-state index is -4.00. The first-order chi connectivity index (χ1) is 18.8. The van der Waals surface area contributed by atoms with Gasteiger partial charge in [-0.25, -0.2) is 8.42 Å². The van der Waals surface area contributed by atoms with E-state index >= 15 is 0 Å². The number of hydrogen-bond acceptors (Lipinski definition) is 5. The van der Waals surface area contributed by atoms with Gasteiger partial charge in [-0.05, 0) is 74.7 Å². The molecule has 2 amide bonds. The van der Waals surface area contributed by atoms with E-state index in [0.29, 0.717) is 48.9 Å². The Balaban J connectivity index is 1.44. The van der Waals surface area contributed by atoms with E-state index in [9.17, 15) is 18.0 Å². The molecular weight excluding hydrogens is 536 g/mol. The summed E-state index contributed by atoms with van der Waals surface area (Å²) in [6, 6.07) is 12.9. The molecule has 1 spiro atoms. The van der Waals surface area contributed by atoms with Crippen LogP contribution in [0, 0.1) is 11.3 Å². The summed E-state index contributed by atoms with van der Waals surface area (Å²) in [5.41, 5.74) is 0.236. The van der Waals surface area contributed by atoms with E-state index in [1.54, 1.807) is 36.4 Å². The van der Waals surface area contributed by atoms with Gasteiger partial charge in [-0.3, -0.25) is 13.9 Å². The fraction of sp³-hybridized carbons (Fsp3) is 0.448. The molecule has 10 heteroatoms. The molecule has 0 saturated carbocycles. The van der Waals surface area contributed by atoms with Crippen LogP contribution < -0.4 is 9.62 Å². The van der Waals surface area contributed by atoms with Crippen molar-refractivity contribution in [3.8, 4) is 0 Å². The smallest absolute Gasteiger partial charge is 0.264 e. The zero-order valence-corrected chi connectivity index (χ0v) is 23.3. The van der Waals surface area contributed by atoms with Gasteiger partial charge in [-0.15, -0.1) is 0 Å². The number of carbonyl (C=O) groups excluding carboxylic acids is 2. The molecule has 2 aromatic carbocycles. The molecule has 6 rings (SSSR count).